The number of imide groups is 4. The lowest BCUT2D eigenvalue weighted by Crippen LogP contribution is -2.36. The summed E-state index contributed by atoms with van der Waals surface area (Å²) < 4.78 is 11.3. The third kappa shape index (κ3) is 35.2. The molecule has 548 valence electrons. The second-order valence-corrected chi connectivity index (χ2v) is 21.6. The normalized spacial score (nSPS) is 13.4. The number of likely N-dealkylation sites (N-methyl/N-ethyl adjacent to an activating group) is 2. The van der Waals surface area contributed by atoms with Crippen molar-refractivity contribution in [1.29, 1.82) is 0 Å². The molecule has 30 heteroatoms. The van der Waals surface area contributed by atoms with Crippen LogP contribution in [0.1, 0.15) is 141 Å². The number of hydroxylamine groups is 4. The van der Waals surface area contributed by atoms with Crippen molar-refractivity contribution in [3.63, 3.8) is 0 Å². The molecule has 0 bridgehead atoms. The molecule has 2 fully saturated rings. The van der Waals surface area contributed by atoms with Crippen LogP contribution in [0.4, 0.5) is 0 Å². The average Bonchev–Trinajstić information content (AvgIpc) is 1.58. The Kier molecular flexibility index (Phi) is 54.3. The number of carbonyl (C=O) groups is 16. The maximum Gasteiger partial charge on any atom is 0.352 e. The molecule has 0 spiro atoms. The minimum Gasteiger partial charge on any atom is -0.396 e. The minimum atomic E-state index is -0.768. The fourth-order valence-corrected chi connectivity index (χ4v) is 10.2. The van der Waals surface area contributed by atoms with Gasteiger partial charge in [-0.2, -0.15) is 0 Å². The first-order valence-electron chi connectivity index (χ1n) is 31.1. The van der Waals surface area contributed by atoms with Gasteiger partial charge in [0.25, 0.3) is 47.3 Å². The molecule has 4 aliphatic rings. The van der Waals surface area contributed by atoms with Crippen LogP contribution in [0, 0.1) is 10.8 Å². The maximum absolute atomic E-state index is 12.3. The van der Waals surface area contributed by atoms with Gasteiger partial charge in [0.2, 0.25) is 0 Å². The highest BCUT2D eigenvalue weighted by Gasteiger charge is 2.37. The van der Waals surface area contributed by atoms with E-state index in [4.69, 9.17) is 38.3 Å². The van der Waals surface area contributed by atoms with Crippen molar-refractivity contribution in [3.05, 3.63) is 99.7 Å². The van der Waals surface area contributed by atoms with E-state index in [1.807, 2.05) is 27.2 Å². The summed E-state index contributed by atoms with van der Waals surface area (Å²) >= 11 is 0. The zero-order valence-electron chi connectivity index (χ0n) is 57.1. The SMILES string of the molecule is C=C.C=C.C=C(C(=O)CCOCCCC(CCCO)(CCCO)CCCOCCC(=O)C(=C)N1C(=O)C=CC1=O)N1C(=O)C=CC1=O.C=C(CCC(CCCO)(CCCO)CCC(=C)N(C)CC(=O)ON1C(=O)CCC1=O)N(C)CC(=O)ON1C(=O)CCC1=O.C=O.C=O.C=O.C=O. The lowest BCUT2D eigenvalue weighted by molar-refractivity contribution is -0.197. The molecule has 0 unspecified atom stereocenters. The Bertz CT molecular complexity index is 2440. The molecule has 0 aliphatic carbocycles. The monoisotopic (exact) mass is 1390 g/mol. The van der Waals surface area contributed by atoms with E-state index in [1.54, 1.807) is 23.9 Å². The largest absolute Gasteiger partial charge is 0.396 e. The molecule has 0 radical (unpaired) electrons. The Labute approximate surface area is 573 Å². The number of Topliss-reactive ketones (excluding diaryl/α,β-unsaturated/α-hetero) is 2. The van der Waals surface area contributed by atoms with Crippen molar-refractivity contribution in [2.45, 2.75) is 141 Å². The van der Waals surface area contributed by atoms with Crippen molar-refractivity contribution < 1.29 is 116 Å². The van der Waals surface area contributed by atoms with Crippen LogP contribution in [-0.2, 0) is 95.9 Å². The summed E-state index contributed by atoms with van der Waals surface area (Å²) in [7, 11) is 3.30. The Morgan fingerprint density at radius 2 is 0.653 bits per heavy atom. The Morgan fingerprint density at radius 3 is 0.908 bits per heavy atom. The van der Waals surface area contributed by atoms with Crippen molar-refractivity contribution >= 4 is 97.9 Å². The summed E-state index contributed by atoms with van der Waals surface area (Å²) in [6.07, 6.45) is 14.5. The number of allylic oxidation sites excluding steroid dienone is 4. The Balaban J connectivity index is -0.000000781. The number of hydrogen-bond acceptors (Lipinski definition) is 26. The molecule has 8 amide bonds. The summed E-state index contributed by atoms with van der Waals surface area (Å²) in [6, 6.07) is 0. The molecule has 30 nitrogen and oxygen atoms in total. The lowest BCUT2D eigenvalue weighted by atomic mass is 9.71. The van der Waals surface area contributed by atoms with Crippen molar-refractivity contribution in [2.24, 2.45) is 10.8 Å². The molecule has 0 atom stereocenters. The van der Waals surface area contributed by atoms with Crippen molar-refractivity contribution in [1.82, 2.24) is 29.7 Å². The van der Waals surface area contributed by atoms with Crippen LogP contribution in [0.3, 0.4) is 0 Å². The van der Waals surface area contributed by atoms with Gasteiger partial charge in [-0.15, -0.1) is 36.4 Å². The van der Waals surface area contributed by atoms with E-state index in [0.717, 1.165) is 59.8 Å². The third-order valence-corrected chi connectivity index (χ3v) is 15.3. The smallest absolute Gasteiger partial charge is 0.352 e. The number of aliphatic hydroxyl groups is 4. The van der Waals surface area contributed by atoms with Crippen LogP contribution >= 0.6 is 0 Å². The number of ketones is 2. The number of rotatable bonds is 44. The maximum atomic E-state index is 12.3. The fourth-order valence-electron chi connectivity index (χ4n) is 10.2. The van der Waals surface area contributed by atoms with E-state index in [0.29, 0.717) is 112 Å². The summed E-state index contributed by atoms with van der Waals surface area (Å²) in [5.74, 6) is -7.05. The molecule has 4 heterocycles. The highest BCUT2D eigenvalue weighted by Crippen LogP contribution is 2.42. The van der Waals surface area contributed by atoms with Gasteiger partial charge in [-0.25, -0.2) is 19.4 Å². The second-order valence-electron chi connectivity index (χ2n) is 21.6. The second kappa shape index (κ2) is 55.9. The van der Waals surface area contributed by atoms with Crippen molar-refractivity contribution in [3.8, 4) is 0 Å². The molecule has 0 aromatic rings. The van der Waals surface area contributed by atoms with Crippen LogP contribution in [-0.4, -0.2) is 228 Å². The summed E-state index contributed by atoms with van der Waals surface area (Å²) in [5.41, 5.74) is 0.390. The van der Waals surface area contributed by atoms with Crippen LogP contribution in [0.2, 0.25) is 0 Å². The summed E-state index contributed by atoms with van der Waals surface area (Å²) in [6.45, 7) is 35.9. The quantitative estimate of drug-likeness (QED) is 0.0290. The van der Waals surface area contributed by atoms with Gasteiger partial charge in [0.15, 0.2) is 11.6 Å². The van der Waals surface area contributed by atoms with E-state index in [2.05, 4.69) is 52.6 Å². The highest BCUT2D eigenvalue weighted by molar-refractivity contribution is 6.19. The molecule has 4 N–H and O–H groups in total. The van der Waals surface area contributed by atoms with Gasteiger partial charge in [-0.3, -0.25) is 47.9 Å². The average molecular weight is 1390 g/mol. The number of ether oxygens (including phenoxy) is 2. The molecule has 0 aromatic carbocycles. The van der Waals surface area contributed by atoms with Crippen LogP contribution < -0.4 is 0 Å². The van der Waals surface area contributed by atoms with Gasteiger partial charge >= 0.3 is 11.9 Å². The number of nitrogens with zero attached hydrogens (tertiary/aromatic N) is 6. The number of amides is 8. The zero-order chi connectivity index (χ0) is 76.0. The fraction of sp³-hybridized carbons (Fsp3) is 0.529. The van der Waals surface area contributed by atoms with E-state index in [9.17, 15) is 78.0 Å². The first kappa shape index (κ1) is 95.2. The molecule has 0 saturated carbocycles. The summed E-state index contributed by atoms with van der Waals surface area (Å²) in [4.78, 5) is 190. The van der Waals surface area contributed by atoms with Gasteiger partial charge in [0.05, 0.1) is 24.6 Å². The molecule has 0 aromatic heterocycles. The van der Waals surface area contributed by atoms with Crippen LogP contribution in [0.5, 0.6) is 0 Å². The first-order chi connectivity index (χ1) is 46.9. The number of aliphatic hydroxyl groups excluding tert-OH is 4. The van der Waals surface area contributed by atoms with Gasteiger partial charge < -0.3 is 68.6 Å². The number of hydrogen-bond donors (Lipinski definition) is 4. The van der Waals surface area contributed by atoms with Crippen molar-refractivity contribution in [2.75, 3.05) is 80.0 Å². The predicted octanol–water partition coefficient (Wildman–Crippen LogP) is 3.96. The molecule has 4 aliphatic heterocycles. The van der Waals surface area contributed by atoms with E-state index in [-0.39, 0.29) is 113 Å². The van der Waals surface area contributed by atoms with E-state index < -0.39 is 70.8 Å². The summed E-state index contributed by atoms with van der Waals surface area (Å²) in [5, 5.41) is 39.1. The van der Waals surface area contributed by atoms with E-state index >= 15 is 0 Å². The Hall–Kier alpha value is -9.20. The van der Waals surface area contributed by atoms with Crippen LogP contribution in [0.15, 0.2) is 99.7 Å². The molecule has 98 heavy (non-hydrogen) atoms. The predicted molar refractivity (Wildman–Crippen MR) is 357 cm³/mol. The Morgan fingerprint density at radius 1 is 0.408 bits per heavy atom. The molecular weight excluding hydrogens is 1280 g/mol. The molecule has 2 saturated heterocycles. The highest BCUT2D eigenvalue weighted by atomic mass is 16.7. The standard InChI is InChI=1S/C31H42N2O10.C29H44N4O10.2C2H4.4CH2O/c1-23(32-27(38)7-8-28(32)39)25(36)11-21-42-19-5-15-31(13-3-17-34,14-4-18-35)16-6-20-43-22-12-26(37)24(2)33-29(40)9-10-30(33)41;1-21(30(3)19-27(40)42-32-23(36)7-8-24(32)37)11-15-29(13-5-17-34,14-6-18-35)16-12-22(2)31(4)20-28(41)43-33-25(38)9-10-26(33)39;6*1-2/h7-10,34-35H,1-6,11-22H2;34-35H,1-2,5-20H2,3-4H3;2*1-2H2;4*1H2. The molecular formula is C68H102N6O24. The van der Waals surface area contributed by atoms with Gasteiger partial charge in [-0.05, 0) is 114 Å². The van der Waals surface area contributed by atoms with Gasteiger partial charge in [0, 0.05) is 128 Å². The molecule has 4 rings (SSSR count). The van der Waals surface area contributed by atoms with E-state index in [1.165, 1.54) is 0 Å². The van der Waals surface area contributed by atoms with Gasteiger partial charge in [-0.1, -0.05) is 26.3 Å². The zero-order valence-corrected chi connectivity index (χ0v) is 57.1. The van der Waals surface area contributed by atoms with Gasteiger partial charge in [0.1, 0.15) is 40.2 Å². The third-order valence-electron chi connectivity index (χ3n) is 15.3. The lowest BCUT2D eigenvalue weighted by Gasteiger charge is -2.36. The topological polar surface area (TPSA) is 410 Å². The first-order valence-corrected chi connectivity index (χ1v) is 31.1. The van der Waals surface area contributed by atoms with Crippen LogP contribution in [0.25, 0.3) is 0 Å². The minimum absolute atomic E-state index is 0.00530. The number of carbonyl (C=O) groups excluding carboxylic acids is 16.